The molecule has 1 aliphatic heterocycles. The van der Waals surface area contributed by atoms with E-state index < -0.39 is 10.0 Å². The van der Waals surface area contributed by atoms with Crippen LogP contribution in [-0.4, -0.2) is 43.0 Å². The highest BCUT2D eigenvalue weighted by molar-refractivity contribution is 7.91. The Kier molecular flexibility index (Phi) is 8.60. The van der Waals surface area contributed by atoms with Crippen molar-refractivity contribution in [3.05, 3.63) is 63.8 Å². The maximum Gasteiger partial charge on any atom is 0.269 e. The number of nitrogens with zero attached hydrogens (tertiary/aromatic N) is 3. The summed E-state index contributed by atoms with van der Waals surface area (Å²) in [5, 5.41) is 14.6. The molecule has 0 fully saturated rings. The van der Waals surface area contributed by atoms with E-state index in [0.717, 1.165) is 67.1 Å². The van der Waals surface area contributed by atoms with Gasteiger partial charge in [-0.25, -0.2) is 13.1 Å². The first-order valence-electron chi connectivity index (χ1n) is 10.4. The normalized spacial score (nSPS) is 13.9. The predicted molar refractivity (Wildman–Crippen MR) is 128 cm³/mol. The number of unbranched alkanes of at least 4 members (excludes halogenated alkanes) is 2. The first-order chi connectivity index (χ1) is 15.4. The number of benzene rings is 1. The van der Waals surface area contributed by atoms with Gasteiger partial charge in [-0.3, -0.25) is 15.0 Å². The van der Waals surface area contributed by atoms with Crippen molar-refractivity contribution in [3.63, 3.8) is 0 Å². The molecule has 33 heavy (non-hydrogen) atoms. The van der Waals surface area contributed by atoms with E-state index in [9.17, 15) is 18.5 Å². The molecule has 4 rings (SSSR count). The molecule has 0 atom stereocenters. The number of rotatable bonds is 10. The van der Waals surface area contributed by atoms with Crippen LogP contribution in [0.25, 0.3) is 10.6 Å². The van der Waals surface area contributed by atoms with Crippen LogP contribution in [0.3, 0.4) is 0 Å². The van der Waals surface area contributed by atoms with E-state index in [2.05, 4.69) is 14.8 Å². The molecule has 0 aliphatic carbocycles. The Balaban J connectivity index is 0.00000306. The molecule has 0 saturated heterocycles. The number of sulfonamides is 1. The number of fused-ring (bicyclic) bond motifs is 1. The van der Waals surface area contributed by atoms with Gasteiger partial charge in [0.2, 0.25) is 10.0 Å². The maximum atomic E-state index is 12.5. The van der Waals surface area contributed by atoms with Crippen molar-refractivity contribution in [1.29, 1.82) is 0 Å². The number of nitrogens with one attached hydrogen (secondary N) is 1. The molecule has 0 bridgehead atoms. The van der Waals surface area contributed by atoms with Gasteiger partial charge in [0, 0.05) is 37.8 Å². The molecular formula is C21H25ClN4O5S2. The Bertz CT molecular complexity index is 1180. The van der Waals surface area contributed by atoms with Gasteiger partial charge in [0.05, 0.1) is 16.0 Å². The number of non-ortho nitro benzene ring substituents is 1. The average molecular weight is 513 g/mol. The zero-order chi connectivity index (χ0) is 22.6. The van der Waals surface area contributed by atoms with Crippen molar-refractivity contribution in [1.82, 2.24) is 14.8 Å². The minimum absolute atomic E-state index is 0. The van der Waals surface area contributed by atoms with Gasteiger partial charge in [-0.2, -0.15) is 0 Å². The van der Waals surface area contributed by atoms with Crippen LogP contribution in [0.4, 0.5) is 5.69 Å². The Labute approximate surface area is 202 Å². The lowest BCUT2D eigenvalue weighted by molar-refractivity contribution is -0.385. The van der Waals surface area contributed by atoms with Crippen LogP contribution in [0.15, 0.2) is 51.3 Å². The van der Waals surface area contributed by atoms with Gasteiger partial charge in [-0.15, -0.1) is 23.7 Å². The molecule has 0 saturated carbocycles. The van der Waals surface area contributed by atoms with Gasteiger partial charge in [-0.1, -0.05) is 17.6 Å². The van der Waals surface area contributed by atoms with Crippen molar-refractivity contribution in [3.8, 4) is 10.6 Å². The van der Waals surface area contributed by atoms with Gasteiger partial charge >= 0.3 is 0 Å². The van der Waals surface area contributed by atoms with Crippen LogP contribution in [0, 0.1) is 10.1 Å². The summed E-state index contributed by atoms with van der Waals surface area (Å²) < 4.78 is 33.0. The standard InChI is InChI=1S/C21H24N4O5S2.ClH/c26-25(27)18-5-4-16-9-13-24(15-17(16)14-18)12-3-1-2-10-23-32(28,29)21-7-6-20(31-21)19-8-11-22-30-19;/h4-8,11,14,23H,1-3,9-10,12-13,15H2;1H. The fraction of sp³-hybridized carbons (Fsp3) is 0.381. The topological polar surface area (TPSA) is 119 Å². The average Bonchev–Trinajstić information content (AvgIpc) is 3.47. The Morgan fingerprint density at radius 3 is 2.76 bits per heavy atom. The summed E-state index contributed by atoms with van der Waals surface area (Å²) >= 11 is 1.15. The smallest absolute Gasteiger partial charge is 0.269 e. The molecule has 0 amide bonds. The molecule has 9 nitrogen and oxygen atoms in total. The second-order valence-electron chi connectivity index (χ2n) is 7.69. The van der Waals surface area contributed by atoms with Crippen LogP contribution in [-0.2, 0) is 23.0 Å². The molecule has 12 heteroatoms. The fourth-order valence-corrected chi connectivity index (χ4v) is 6.14. The second-order valence-corrected chi connectivity index (χ2v) is 10.8. The number of hydrogen-bond donors (Lipinski definition) is 1. The molecule has 3 aromatic rings. The van der Waals surface area contributed by atoms with Crippen molar-refractivity contribution >= 4 is 39.5 Å². The van der Waals surface area contributed by atoms with Gasteiger partial charge in [0.25, 0.3) is 5.69 Å². The van der Waals surface area contributed by atoms with Gasteiger partial charge in [0.1, 0.15) is 4.21 Å². The highest BCUT2D eigenvalue weighted by atomic mass is 35.5. The lowest BCUT2D eigenvalue weighted by Crippen LogP contribution is -2.31. The summed E-state index contributed by atoms with van der Waals surface area (Å²) in [6, 6.07) is 10.1. The van der Waals surface area contributed by atoms with E-state index in [1.807, 2.05) is 6.07 Å². The first-order valence-corrected chi connectivity index (χ1v) is 12.7. The summed E-state index contributed by atoms with van der Waals surface area (Å²) in [5.74, 6) is 0.548. The highest BCUT2D eigenvalue weighted by Gasteiger charge is 2.20. The van der Waals surface area contributed by atoms with Crippen LogP contribution < -0.4 is 4.72 Å². The van der Waals surface area contributed by atoms with Crippen molar-refractivity contribution in [2.45, 2.75) is 36.4 Å². The molecule has 1 aliphatic rings. The largest absolute Gasteiger partial charge is 0.355 e. The first kappa shape index (κ1) is 25.3. The minimum atomic E-state index is -3.54. The number of nitro groups is 1. The number of nitro benzene ring substituents is 1. The Hall–Kier alpha value is -2.31. The third-order valence-electron chi connectivity index (χ3n) is 5.46. The second kappa shape index (κ2) is 11.2. The van der Waals surface area contributed by atoms with Crippen LogP contribution in [0.5, 0.6) is 0 Å². The van der Waals surface area contributed by atoms with Crippen molar-refractivity contribution in [2.75, 3.05) is 19.6 Å². The molecular weight excluding hydrogens is 488 g/mol. The summed E-state index contributed by atoms with van der Waals surface area (Å²) in [6.07, 6.45) is 5.00. The lowest BCUT2D eigenvalue weighted by atomic mass is 9.99. The van der Waals surface area contributed by atoms with Gasteiger partial charge < -0.3 is 4.52 Å². The van der Waals surface area contributed by atoms with E-state index in [-0.39, 0.29) is 27.2 Å². The monoisotopic (exact) mass is 512 g/mol. The SMILES string of the molecule is Cl.O=[N+]([O-])c1ccc2c(c1)CN(CCCCCNS(=O)(=O)c1ccc(-c3ccno3)s1)CC2. The summed E-state index contributed by atoms with van der Waals surface area (Å²) in [5.41, 5.74) is 2.34. The van der Waals surface area contributed by atoms with Crippen molar-refractivity contribution in [2.24, 2.45) is 0 Å². The number of hydrogen-bond acceptors (Lipinski definition) is 8. The molecule has 0 spiro atoms. The number of thiophene rings is 1. The van der Waals surface area contributed by atoms with Gasteiger partial charge in [0.15, 0.2) is 5.76 Å². The zero-order valence-electron chi connectivity index (χ0n) is 17.8. The number of aromatic nitrogens is 1. The lowest BCUT2D eigenvalue weighted by Gasteiger charge is -2.28. The Morgan fingerprint density at radius 1 is 1.15 bits per heavy atom. The van der Waals surface area contributed by atoms with Crippen molar-refractivity contribution < 1.29 is 17.9 Å². The quantitative estimate of drug-likeness (QED) is 0.245. The molecule has 0 radical (unpaired) electrons. The van der Waals surface area contributed by atoms with E-state index >= 15 is 0 Å². The molecule has 178 valence electrons. The highest BCUT2D eigenvalue weighted by Crippen LogP contribution is 2.30. The summed E-state index contributed by atoms with van der Waals surface area (Å²) in [6.45, 7) is 2.92. The summed E-state index contributed by atoms with van der Waals surface area (Å²) in [7, 11) is -3.54. The van der Waals surface area contributed by atoms with Crippen LogP contribution in [0.1, 0.15) is 30.4 Å². The molecule has 2 aromatic heterocycles. The minimum Gasteiger partial charge on any atom is -0.355 e. The van der Waals surface area contributed by atoms with Gasteiger partial charge in [-0.05, 0) is 49.1 Å². The Morgan fingerprint density at radius 2 is 2.00 bits per heavy atom. The van der Waals surface area contributed by atoms with E-state index in [4.69, 9.17) is 4.52 Å². The third kappa shape index (κ3) is 6.39. The predicted octanol–water partition coefficient (Wildman–Crippen LogP) is 4.24. The summed E-state index contributed by atoms with van der Waals surface area (Å²) in [4.78, 5) is 13.7. The van der Waals surface area contributed by atoms with Crippen LogP contribution in [0.2, 0.25) is 0 Å². The van der Waals surface area contributed by atoms with E-state index in [0.29, 0.717) is 12.3 Å². The molecule has 1 N–H and O–H groups in total. The zero-order valence-corrected chi connectivity index (χ0v) is 20.3. The van der Waals surface area contributed by atoms with E-state index in [1.54, 1.807) is 30.3 Å². The molecule has 1 aromatic carbocycles. The van der Waals surface area contributed by atoms with Crippen LogP contribution >= 0.6 is 23.7 Å². The third-order valence-corrected chi connectivity index (χ3v) is 8.51. The molecule has 0 unspecified atom stereocenters. The number of halogens is 1. The maximum absolute atomic E-state index is 12.5. The molecule has 3 heterocycles. The van der Waals surface area contributed by atoms with E-state index in [1.165, 1.54) is 11.8 Å². The fourth-order valence-electron chi connectivity index (χ4n) is 3.76.